The summed E-state index contributed by atoms with van der Waals surface area (Å²) in [5.74, 6) is -1.65. The third-order valence-electron chi connectivity index (χ3n) is 3.21. The van der Waals surface area contributed by atoms with E-state index < -0.39 is 11.6 Å². The molecule has 0 heterocycles. The van der Waals surface area contributed by atoms with Gasteiger partial charge in [0, 0.05) is 0 Å². The average Bonchev–Trinajstić information content (AvgIpc) is 2.48. The summed E-state index contributed by atoms with van der Waals surface area (Å²) in [4.78, 5) is 0. The maximum atomic E-state index is 13.4. The van der Waals surface area contributed by atoms with Gasteiger partial charge in [-0.3, -0.25) is 0 Å². The van der Waals surface area contributed by atoms with E-state index in [1.807, 2.05) is 31.2 Å². The predicted octanol–water partition coefficient (Wildman–Crippen LogP) is 3.61. The largest absolute Gasteiger partial charge is 0.486 e. The van der Waals surface area contributed by atoms with E-state index >= 15 is 0 Å². The van der Waals surface area contributed by atoms with Gasteiger partial charge in [0.15, 0.2) is 11.6 Å². The molecular formula is C16H17F2NO. The molecule has 20 heavy (non-hydrogen) atoms. The van der Waals surface area contributed by atoms with Crippen LogP contribution in [0.4, 0.5) is 8.78 Å². The Morgan fingerprint density at radius 3 is 2.45 bits per heavy atom. The highest BCUT2D eigenvalue weighted by Crippen LogP contribution is 2.21. The molecule has 0 saturated carbocycles. The minimum Gasteiger partial charge on any atom is -0.486 e. The van der Waals surface area contributed by atoms with E-state index in [0.717, 1.165) is 17.2 Å². The summed E-state index contributed by atoms with van der Waals surface area (Å²) < 4.78 is 31.7. The third-order valence-corrected chi connectivity index (χ3v) is 3.21. The summed E-state index contributed by atoms with van der Waals surface area (Å²) in [6.45, 7) is 2.83. The standard InChI is InChI=1S/C16H17F2NO/c1-11(9-19)13-7-5-12(6-8-13)10-20-15-4-2-3-14(17)16(15)18/h2-8,11H,9-10,19H2,1H3. The Bertz CT molecular complexity index is 569. The molecule has 1 atom stereocenters. The van der Waals surface area contributed by atoms with Gasteiger partial charge in [0.2, 0.25) is 5.82 Å². The molecule has 2 nitrogen and oxygen atoms in total. The number of halogens is 2. The zero-order valence-electron chi connectivity index (χ0n) is 11.3. The lowest BCUT2D eigenvalue weighted by atomic mass is 10.0. The van der Waals surface area contributed by atoms with Crippen LogP contribution in [0.5, 0.6) is 5.75 Å². The number of nitrogens with two attached hydrogens (primary N) is 1. The van der Waals surface area contributed by atoms with Crippen molar-refractivity contribution in [1.82, 2.24) is 0 Å². The van der Waals surface area contributed by atoms with Gasteiger partial charge in [-0.2, -0.15) is 4.39 Å². The molecule has 0 amide bonds. The van der Waals surface area contributed by atoms with Gasteiger partial charge in [-0.05, 0) is 35.7 Å². The molecule has 0 saturated heterocycles. The molecule has 2 rings (SSSR count). The Morgan fingerprint density at radius 2 is 1.80 bits per heavy atom. The zero-order valence-corrected chi connectivity index (χ0v) is 11.3. The first-order chi connectivity index (χ1) is 9.61. The van der Waals surface area contributed by atoms with Gasteiger partial charge in [0.05, 0.1) is 0 Å². The van der Waals surface area contributed by atoms with Crippen molar-refractivity contribution in [2.24, 2.45) is 5.73 Å². The topological polar surface area (TPSA) is 35.2 Å². The summed E-state index contributed by atoms with van der Waals surface area (Å²) in [6, 6.07) is 11.6. The number of hydrogen-bond donors (Lipinski definition) is 1. The van der Waals surface area contributed by atoms with Crippen molar-refractivity contribution in [2.45, 2.75) is 19.4 Å². The van der Waals surface area contributed by atoms with E-state index in [-0.39, 0.29) is 12.4 Å². The first-order valence-corrected chi connectivity index (χ1v) is 6.47. The average molecular weight is 277 g/mol. The highest BCUT2D eigenvalue weighted by molar-refractivity contribution is 5.27. The lowest BCUT2D eigenvalue weighted by Crippen LogP contribution is -2.08. The number of benzene rings is 2. The number of ether oxygens (including phenoxy) is 1. The van der Waals surface area contributed by atoms with Crippen molar-refractivity contribution in [3.05, 3.63) is 65.2 Å². The Kier molecular flexibility index (Phi) is 4.69. The van der Waals surface area contributed by atoms with Crippen LogP contribution in [0.15, 0.2) is 42.5 Å². The molecule has 0 spiro atoms. The van der Waals surface area contributed by atoms with Gasteiger partial charge in [0.25, 0.3) is 0 Å². The normalized spacial score (nSPS) is 12.2. The Hall–Kier alpha value is -1.94. The van der Waals surface area contributed by atoms with Crippen molar-refractivity contribution in [1.29, 1.82) is 0 Å². The minimum atomic E-state index is -0.958. The summed E-state index contributed by atoms with van der Waals surface area (Å²) in [5, 5.41) is 0. The van der Waals surface area contributed by atoms with Gasteiger partial charge < -0.3 is 10.5 Å². The Morgan fingerprint density at radius 1 is 1.10 bits per heavy atom. The van der Waals surface area contributed by atoms with Gasteiger partial charge in [0.1, 0.15) is 6.61 Å². The Balaban J connectivity index is 2.02. The summed E-state index contributed by atoms with van der Waals surface area (Å²) >= 11 is 0. The third kappa shape index (κ3) is 3.33. The molecule has 0 aliphatic carbocycles. The molecule has 1 unspecified atom stereocenters. The van der Waals surface area contributed by atoms with Crippen LogP contribution in [-0.4, -0.2) is 6.54 Å². The van der Waals surface area contributed by atoms with Crippen LogP contribution in [0.3, 0.4) is 0 Å². The highest BCUT2D eigenvalue weighted by Gasteiger charge is 2.09. The summed E-state index contributed by atoms with van der Waals surface area (Å²) in [7, 11) is 0. The van der Waals surface area contributed by atoms with Crippen LogP contribution in [-0.2, 0) is 6.61 Å². The molecule has 0 aromatic heterocycles. The summed E-state index contributed by atoms with van der Waals surface area (Å²) in [6.07, 6.45) is 0. The molecule has 0 fully saturated rings. The van der Waals surface area contributed by atoms with E-state index in [9.17, 15) is 8.78 Å². The monoisotopic (exact) mass is 277 g/mol. The van der Waals surface area contributed by atoms with Crippen LogP contribution in [0.1, 0.15) is 24.0 Å². The van der Waals surface area contributed by atoms with Gasteiger partial charge in [-0.25, -0.2) is 4.39 Å². The first-order valence-electron chi connectivity index (χ1n) is 6.47. The lowest BCUT2D eigenvalue weighted by Gasteiger charge is -2.11. The molecule has 0 bridgehead atoms. The molecule has 2 N–H and O–H groups in total. The second-order valence-corrected chi connectivity index (χ2v) is 4.72. The van der Waals surface area contributed by atoms with Crippen LogP contribution < -0.4 is 10.5 Å². The fourth-order valence-corrected chi connectivity index (χ4v) is 1.84. The van der Waals surface area contributed by atoms with Crippen LogP contribution in [0.2, 0.25) is 0 Å². The van der Waals surface area contributed by atoms with Gasteiger partial charge in [-0.15, -0.1) is 0 Å². The minimum absolute atomic E-state index is 0.0793. The fraction of sp³-hybridized carbons (Fsp3) is 0.250. The summed E-state index contributed by atoms with van der Waals surface area (Å²) in [5.41, 5.74) is 7.64. The molecule has 4 heteroatoms. The molecule has 2 aromatic carbocycles. The smallest absolute Gasteiger partial charge is 0.200 e. The molecule has 0 aliphatic rings. The quantitative estimate of drug-likeness (QED) is 0.906. The molecular weight excluding hydrogens is 260 g/mol. The van der Waals surface area contributed by atoms with Gasteiger partial charge in [-0.1, -0.05) is 37.3 Å². The van der Waals surface area contributed by atoms with Crippen molar-refractivity contribution >= 4 is 0 Å². The molecule has 2 aromatic rings. The molecule has 106 valence electrons. The predicted molar refractivity (Wildman–Crippen MR) is 74.6 cm³/mol. The van der Waals surface area contributed by atoms with E-state index in [0.29, 0.717) is 12.5 Å². The second kappa shape index (κ2) is 6.48. The van der Waals surface area contributed by atoms with E-state index in [4.69, 9.17) is 10.5 Å². The van der Waals surface area contributed by atoms with Crippen molar-refractivity contribution < 1.29 is 13.5 Å². The van der Waals surface area contributed by atoms with E-state index in [1.165, 1.54) is 12.1 Å². The molecule has 0 aliphatic heterocycles. The van der Waals surface area contributed by atoms with E-state index in [1.54, 1.807) is 0 Å². The second-order valence-electron chi connectivity index (χ2n) is 4.72. The highest BCUT2D eigenvalue weighted by atomic mass is 19.2. The van der Waals surface area contributed by atoms with Crippen LogP contribution in [0, 0.1) is 11.6 Å². The molecule has 0 radical (unpaired) electrons. The van der Waals surface area contributed by atoms with Crippen molar-refractivity contribution in [3.8, 4) is 5.75 Å². The first kappa shape index (κ1) is 14.5. The zero-order chi connectivity index (χ0) is 14.5. The van der Waals surface area contributed by atoms with E-state index in [2.05, 4.69) is 0 Å². The SMILES string of the molecule is CC(CN)c1ccc(COc2cccc(F)c2F)cc1. The number of rotatable bonds is 5. The maximum Gasteiger partial charge on any atom is 0.200 e. The Labute approximate surface area is 117 Å². The fourth-order valence-electron chi connectivity index (χ4n) is 1.84. The van der Waals surface area contributed by atoms with Gasteiger partial charge >= 0.3 is 0 Å². The van der Waals surface area contributed by atoms with Crippen molar-refractivity contribution in [3.63, 3.8) is 0 Å². The number of hydrogen-bond acceptors (Lipinski definition) is 2. The van der Waals surface area contributed by atoms with Crippen LogP contribution >= 0.6 is 0 Å². The maximum absolute atomic E-state index is 13.4. The van der Waals surface area contributed by atoms with Crippen LogP contribution in [0.25, 0.3) is 0 Å². The van der Waals surface area contributed by atoms with Crippen molar-refractivity contribution in [2.75, 3.05) is 6.54 Å². The lowest BCUT2D eigenvalue weighted by molar-refractivity contribution is 0.284.